The van der Waals surface area contributed by atoms with E-state index in [0.717, 1.165) is 12.8 Å². The summed E-state index contributed by atoms with van der Waals surface area (Å²) in [5, 5.41) is 0. The molecule has 66 valence electrons. The molecule has 1 aromatic rings. The largest absolute Gasteiger partial charge is 0.299 e. The molecule has 0 amide bonds. The van der Waals surface area contributed by atoms with E-state index in [4.69, 9.17) is 0 Å². The zero-order chi connectivity index (χ0) is 9.00. The van der Waals surface area contributed by atoms with Crippen molar-refractivity contribution in [1.82, 2.24) is 0 Å². The number of fused-ring (bicyclic) bond motifs is 5. The van der Waals surface area contributed by atoms with Crippen molar-refractivity contribution in [2.45, 2.75) is 24.7 Å². The van der Waals surface area contributed by atoms with E-state index in [-0.39, 0.29) is 5.92 Å². The van der Waals surface area contributed by atoms with Gasteiger partial charge in [0.05, 0.1) is 0 Å². The number of hydrogen-bond donors (Lipinski definition) is 0. The SMILES string of the molecule is O=C1CC2CC1c1ccc(I)cc12. The monoisotopic (exact) mass is 284 g/mol. The molecule has 1 saturated carbocycles. The van der Waals surface area contributed by atoms with Crippen LogP contribution in [0.3, 0.4) is 0 Å². The van der Waals surface area contributed by atoms with Gasteiger partial charge in [-0.25, -0.2) is 0 Å². The molecule has 2 heteroatoms. The lowest BCUT2D eigenvalue weighted by Crippen LogP contribution is -2.08. The molecule has 13 heavy (non-hydrogen) atoms. The van der Waals surface area contributed by atoms with Crippen molar-refractivity contribution in [3.05, 3.63) is 32.9 Å². The third kappa shape index (κ3) is 1.01. The summed E-state index contributed by atoms with van der Waals surface area (Å²) in [7, 11) is 0. The number of rotatable bonds is 0. The molecule has 1 aromatic carbocycles. The lowest BCUT2D eigenvalue weighted by atomic mass is 9.91. The molecule has 3 rings (SSSR count). The van der Waals surface area contributed by atoms with Crippen LogP contribution in [0.1, 0.15) is 35.8 Å². The van der Waals surface area contributed by atoms with E-state index >= 15 is 0 Å². The Morgan fingerprint density at radius 1 is 1.31 bits per heavy atom. The van der Waals surface area contributed by atoms with Crippen molar-refractivity contribution in [2.75, 3.05) is 0 Å². The molecule has 0 radical (unpaired) electrons. The van der Waals surface area contributed by atoms with Gasteiger partial charge in [-0.2, -0.15) is 0 Å². The Bertz CT molecular complexity index is 397. The minimum absolute atomic E-state index is 0.247. The summed E-state index contributed by atoms with van der Waals surface area (Å²) >= 11 is 2.33. The van der Waals surface area contributed by atoms with E-state index < -0.39 is 0 Å². The maximum atomic E-state index is 11.5. The first-order valence-electron chi connectivity index (χ1n) is 4.58. The fraction of sp³-hybridized carbons (Fsp3) is 0.364. The first kappa shape index (κ1) is 7.97. The lowest BCUT2D eigenvalue weighted by Gasteiger charge is -2.13. The van der Waals surface area contributed by atoms with E-state index in [1.807, 2.05) is 0 Å². The lowest BCUT2D eigenvalue weighted by molar-refractivity contribution is -0.118. The van der Waals surface area contributed by atoms with Gasteiger partial charge < -0.3 is 0 Å². The highest BCUT2D eigenvalue weighted by molar-refractivity contribution is 14.1. The first-order chi connectivity index (χ1) is 6.25. The van der Waals surface area contributed by atoms with Gasteiger partial charge >= 0.3 is 0 Å². The number of halogens is 1. The van der Waals surface area contributed by atoms with Gasteiger partial charge in [0.15, 0.2) is 0 Å². The fourth-order valence-corrected chi connectivity index (χ4v) is 3.15. The van der Waals surface area contributed by atoms with Crippen LogP contribution in [0.15, 0.2) is 18.2 Å². The van der Waals surface area contributed by atoms with Crippen molar-refractivity contribution in [1.29, 1.82) is 0 Å². The fourth-order valence-electron chi connectivity index (χ4n) is 2.64. The first-order valence-corrected chi connectivity index (χ1v) is 5.65. The Balaban J connectivity index is 2.21. The summed E-state index contributed by atoms with van der Waals surface area (Å²) in [6.45, 7) is 0. The second kappa shape index (κ2) is 2.56. The van der Waals surface area contributed by atoms with Crippen molar-refractivity contribution < 1.29 is 4.79 Å². The van der Waals surface area contributed by atoms with Crippen molar-refractivity contribution >= 4 is 28.4 Å². The molecule has 2 bridgehead atoms. The zero-order valence-corrected chi connectivity index (χ0v) is 9.24. The molecular formula is C11H9IO. The molecule has 0 N–H and O–H groups in total. The Hall–Kier alpha value is -0.380. The van der Waals surface area contributed by atoms with Crippen LogP contribution >= 0.6 is 22.6 Å². The van der Waals surface area contributed by atoms with Gasteiger partial charge in [0.25, 0.3) is 0 Å². The van der Waals surface area contributed by atoms with Gasteiger partial charge in [-0.15, -0.1) is 0 Å². The van der Waals surface area contributed by atoms with Crippen LogP contribution in [0.4, 0.5) is 0 Å². The van der Waals surface area contributed by atoms with Gasteiger partial charge in [-0.1, -0.05) is 6.07 Å². The molecular weight excluding hydrogens is 275 g/mol. The molecule has 2 atom stereocenters. The van der Waals surface area contributed by atoms with Crippen molar-refractivity contribution in [3.63, 3.8) is 0 Å². The van der Waals surface area contributed by atoms with Gasteiger partial charge in [0.1, 0.15) is 5.78 Å². The normalized spacial score (nSPS) is 29.5. The smallest absolute Gasteiger partial charge is 0.140 e. The van der Waals surface area contributed by atoms with Crippen LogP contribution < -0.4 is 0 Å². The van der Waals surface area contributed by atoms with Crippen LogP contribution in [0, 0.1) is 3.57 Å². The molecule has 2 unspecified atom stereocenters. The summed E-state index contributed by atoms with van der Waals surface area (Å²) in [6, 6.07) is 6.49. The van der Waals surface area contributed by atoms with E-state index in [9.17, 15) is 4.79 Å². The molecule has 0 spiro atoms. The second-order valence-electron chi connectivity index (χ2n) is 3.93. The van der Waals surface area contributed by atoms with Gasteiger partial charge in [0.2, 0.25) is 0 Å². The summed E-state index contributed by atoms with van der Waals surface area (Å²) in [5.41, 5.74) is 2.75. The van der Waals surface area contributed by atoms with Crippen molar-refractivity contribution in [3.8, 4) is 0 Å². The summed E-state index contributed by atoms with van der Waals surface area (Å²) in [5.74, 6) is 1.25. The molecule has 1 nitrogen and oxygen atoms in total. The van der Waals surface area contributed by atoms with E-state index in [2.05, 4.69) is 40.8 Å². The Morgan fingerprint density at radius 2 is 2.15 bits per heavy atom. The highest BCUT2D eigenvalue weighted by Crippen LogP contribution is 2.51. The highest BCUT2D eigenvalue weighted by Gasteiger charge is 2.42. The van der Waals surface area contributed by atoms with Crippen molar-refractivity contribution in [2.24, 2.45) is 0 Å². The molecule has 1 fully saturated rings. The Labute approximate surface area is 90.7 Å². The molecule has 0 heterocycles. The standard InChI is InChI=1S/C11H9IO/c12-7-1-2-8-9(5-7)6-3-10(8)11(13)4-6/h1-2,5-6,10H,3-4H2. The predicted molar refractivity (Wildman–Crippen MR) is 58.9 cm³/mol. The Kier molecular flexibility index (Phi) is 1.57. The average Bonchev–Trinajstić information content (AvgIpc) is 2.61. The zero-order valence-electron chi connectivity index (χ0n) is 7.09. The summed E-state index contributed by atoms with van der Waals surface area (Å²) in [4.78, 5) is 11.5. The van der Waals surface area contributed by atoms with Crippen LogP contribution in [-0.2, 0) is 4.79 Å². The van der Waals surface area contributed by atoms with E-state index in [1.165, 1.54) is 14.7 Å². The number of benzene rings is 1. The number of carbonyl (C=O) groups is 1. The highest BCUT2D eigenvalue weighted by atomic mass is 127. The molecule has 2 aliphatic rings. The third-order valence-electron chi connectivity index (χ3n) is 3.22. The van der Waals surface area contributed by atoms with Crippen LogP contribution in [-0.4, -0.2) is 5.78 Å². The van der Waals surface area contributed by atoms with Gasteiger partial charge in [-0.05, 0) is 58.2 Å². The number of Topliss-reactive ketones (excluding diaryl/α,β-unsaturated/α-hetero) is 1. The quantitative estimate of drug-likeness (QED) is 0.669. The van der Waals surface area contributed by atoms with Crippen LogP contribution in [0.5, 0.6) is 0 Å². The molecule has 0 aromatic heterocycles. The second-order valence-corrected chi connectivity index (χ2v) is 5.17. The Morgan fingerprint density at radius 3 is 3.00 bits per heavy atom. The average molecular weight is 284 g/mol. The number of hydrogen-bond acceptors (Lipinski definition) is 1. The van der Waals surface area contributed by atoms with Gasteiger partial charge in [-0.3, -0.25) is 4.79 Å². The van der Waals surface area contributed by atoms with Crippen LogP contribution in [0.25, 0.3) is 0 Å². The van der Waals surface area contributed by atoms with Crippen LogP contribution in [0.2, 0.25) is 0 Å². The summed E-state index contributed by atoms with van der Waals surface area (Å²) in [6.07, 6.45) is 1.87. The molecule has 0 saturated heterocycles. The summed E-state index contributed by atoms with van der Waals surface area (Å²) < 4.78 is 1.29. The topological polar surface area (TPSA) is 17.1 Å². The van der Waals surface area contributed by atoms with E-state index in [0.29, 0.717) is 11.7 Å². The van der Waals surface area contributed by atoms with Gasteiger partial charge in [0, 0.05) is 15.9 Å². The predicted octanol–water partition coefficient (Wildman–Crippen LogP) is 2.83. The maximum Gasteiger partial charge on any atom is 0.140 e. The number of ketones is 1. The molecule has 0 aliphatic heterocycles. The minimum atomic E-state index is 0.247. The third-order valence-corrected chi connectivity index (χ3v) is 3.89. The van der Waals surface area contributed by atoms with E-state index in [1.54, 1.807) is 0 Å². The molecule has 2 aliphatic carbocycles. The number of carbonyl (C=O) groups excluding carboxylic acids is 1. The maximum absolute atomic E-state index is 11.5. The minimum Gasteiger partial charge on any atom is -0.299 e.